The molecule has 1 heterocycles. The van der Waals surface area contributed by atoms with E-state index in [1.165, 1.54) is 0 Å². The molecule has 0 radical (unpaired) electrons. The second-order valence-corrected chi connectivity index (χ2v) is 3.89. The lowest BCUT2D eigenvalue weighted by atomic mass is 9.98. The van der Waals surface area contributed by atoms with Crippen LogP contribution in [0.2, 0.25) is 0 Å². The molecule has 4 heteroatoms. The lowest BCUT2D eigenvalue weighted by Gasteiger charge is -2.30. The summed E-state index contributed by atoms with van der Waals surface area (Å²) in [6.07, 6.45) is 2.14. The number of hydrogen-bond acceptors (Lipinski definition) is 3. The van der Waals surface area contributed by atoms with E-state index in [1.807, 2.05) is 0 Å². The van der Waals surface area contributed by atoms with Gasteiger partial charge in [-0.2, -0.15) is 0 Å². The summed E-state index contributed by atoms with van der Waals surface area (Å²) in [6.45, 7) is 3.08. The molecule has 0 bridgehead atoms. The van der Waals surface area contributed by atoms with Gasteiger partial charge in [-0.05, 0) is 31.8 Å². The van der Waals surface area contributed by atoms with E-state index in [-0.39, 0.29) is 0 Å². The van der Waals surface area contributed by atoms with E-state index < -0.39 is 0 Å². The fraction of sp³-hybridized carbons (Fsp3) is 0.875. The monoisotopic (exact) mass is 188 g/mol. The quantitative estimate of drug-likeness (QED) is 0.611. The number of rotatable bonds is 3. The molecule has 0 atom stereocenters. The molecule has 0 aromatic rings. The molecule has 0 aromatic heterocycles. The van der Waals surface area contributed by atoms with Crippen LogP contribution in [0.25, 0.3) is 0 Å². The Kier molecular flexibility index (Phi) is 3.91. The first-order chi connectivity index (χ1) is 5.72. The molecule has 1 aliphatic heterocycles. The SMILES string of the molecule is NC(=S)CN1CCC(CO)CC1. The van der Waals surface area contributed by atoms with Gasteiger partial charge in [0.2, 0.25) is 0 Å². The summed E-state index contributed by atoms with van der Waals surface area (Å²) in [6, 6.07) is 0. The van der Waals surface area contributed by atoms with Crippen molar-refractivity contribution >= 4 is 17.2 Å². The first-order valence-electron chi connectivity index (χ1n) is 4.34. The molecule has 0 unspecified atom stereocenters. The molecule has 12 heavy (non-hydrogen) atoms. The molecule has 1 rings (SSSR count). The maximum atomic E-state index is 8.89. The third-order valence-corrected chi connectivity index (χ3v) is 2.47. The number of aliphatic hydroxyl groups excluding tert-OH is 1. The second kappa shape index (κ2) is 4.74. The number of nitrogens with two attached hydrogens (primary N) is 1. The molecule has 0 amide bonds. The molecule has 3 nitrogen and oxygen atoms in total. The van der Waals surface area contributed by atoms with Gasteiger partial charge in [0, 0.05) is 13.2 Å². The minimum absolute atomic E-state index is 0.320. The Morgan fingerprint density at radius 3 is 2.50 bits per heavy atom. The van der Waals surface area contributed by atoms with Gasteiger partial charge in [-0.15, -0.1) is 0 Å². The molecule has 1 aliphatic rings. The molecule has 0 saturated carbocycles. The van der Waals surface area contributed by atoms with Crippen molar-refractivity contribution in [3.05, 3.63) is 0 Å². The van der Waals surface area contributed by atoms with Crippen LogP contribution in [-0.4, -0.2) is 41.2 Å². The van der Waals surface area contributed by atoms with Gasteiger partial charge in [-0.3, -0.25) is 4.90 Å². The Labute approximate surface area is 78.5 Å². The first-order valence-corrected chi connectivity index (χ1v) is 4.74. The van der Waals surface area contributed by atoms with Gasteiger partial charge in [0.25, 0.3) is 0 Å². The summed E-state index contributed by atoms with van der Waals surface area (Å²) in [5.74, 6) is 0.493. The van der Waals surface area contributed by atoms with Crippen LogP contribution >= 0.6 is 12.2 Å². The van der Waals surface area contributed by atoms with Gasteiger partial charge in [-0.25, -0.2) is 0 Å². The van der Waals surface area contributed by atoms with E-state index in [9.17, 15) is 0 Å². The second-order valence-electron chi connectivity index (χ2n) is 3.37. The highest BCUT2D eigenvalue weighted by Crippen LogP contribution is 2.15. The molecule has 70 valence electrons. The molecule has 0 aromatic carbocycles. The fourth-order valence-corrected chi connectivity index (χ4v) is 1.73. The van der Waals surface area contributed by atoms with Gasteiger partial charge in [0.05, 0.1) is 4.99 Å². The average molecular weight is 188 g/mol. The Balaban J connectivity index is 2.21. The first kappa shape index (κ1) is 9.89. The summed E-state index contributed by atoms with van der Waals surface area (Å²) >= 11 is 4.82. The zero-order valence-electron chi connectivity index (χ0n) is 7.20. The molecule has 3 N–H and O–H groups in total. The summed E-state index contributed by atoms with van der Waals surface area (Å²) < 4.78 is 0. The van der Waals surface area contributed by atoms with Gasteiger partial charge in [-0.1, -0.05) is 12.2 Å². The van der Waals surface area contributed by atoms with Crippen LogP contribution in [0.5, 0.6) is 0 Å². The third kappa shape index (κ3) is 3.05. The maximum absolute atomic E-state index is 8.89. The molecule has 0 spiro atoms. The van der Waals surface area contributed by atoms with Crippen molar-refractivity contribution in [3.8, 4) is 0 Å². The van der Waals surface area contributed by atoms with Crippen molar-refractivity contribution in [2.75, 3.05) is 26.2 Å². The Morgan fingerprint density at radius 1 is 1.50 bits per heavy atom. The van der Waals surface area contributed by atoms with E-state index in [4.69, 9.17) is 23.1 Å². The Hall–Kier alpha value is -0.190. The highest BCUT2D eigenvalue weighted by atomic mass is 32.1. The van der Waals surface area contributed by atoms with Crippen molar-refractivity contribution < 1.29 is 5.11 Å². The largest absolute Gasteiger partial charge is 0.396 e. The maximum Gasteiger partial charge on any atom is 0.0870 e. The smallest absolute Gasteiger partial charge is 0.0870 e. The molecule has 1 fully saturated rings. The lowest BCUT2D eigenvalue weighted by Crippen LogP contribution is -2.39. The number of aliphatic hydroxyl groups is 1. The zero-order chi connectivity index (χ0) is 8.97. The third-order valence-electron chi connectivity index (χ3n) is 2.34. The standard InChI is InChI=1S/C8H16N2OS/c9-8(12)5-10-3-1-7(6-11)2-4-10/h7,11H,1-6H2,(H2,9,12). The predicted molar refractivity (Wildman–Crippen MR) is 53.0 cm³/mol. The summed E-state index contributed by atoms with van der Waals surface area (Å²) in [4.78, 5) is 2.81. The van der Waals surface area contributed by atoms with Crippen LogP contribution in [0.1, 0.15) is 12.8 Å². The van der Waals surface area contributed by atoms with E-state index in [2.05, 4.69) is 4.90 Å². The molecular formula is C8H16N2OS. The highest BCUT2D eigenvalue weighted by Gasteiger charge is 2.18. The van der Waals surface area contributed by atoms with E-state index in [1.54, 1.807) is 0 Å². The molecular weight excluding hydrogens is 172 g/mol. The average Bonchev–Trinajstić information content (AvgIpc) is 2.05. The van der Waals surface area contributed by atoms with E-state index >= 15 is 0 Å². The van der Waals surface area contributed by atoms with Gasteiger partial charge in [0.15, 0.2) is 0 Å². The van der Waals surface area contributed by atoms with Crippen LogP contribution in [0.3, 0.4) is 0 Å². The zero-order valence-corrected chi connectivity index (χ0v) is 8.02. The van der Waals surface area contributed by atoms with Gasteiger partial charge < -0.3 is 10.8 Å². The lowest BCUT2D eigenvalue weighted by molar-refractivity contribution is 0.142. The molecule has 1 saturated heterocycles. The highest BCUT2D eigenvalue weighted by molar-refractivity contribution is 7.80. The van der Waals surface area contributed by atoms with Crippen LogP contribution in [-0.2, 0) is 0 Å². The Bertz CT molecular complexity index is 155. The van der Waals surface area contributed by atoms with Crippen molar-refractivity contribution in [1.29, 1.82) is 0 Å². The number of hydrogen-bond donors (Lipinski definition) is 2. The topological polar surface area (TPSA) is 49.5 Å². The number of likely N-dealkylation sites (tertiary alicyclic amines) is 1. The molecule has 0 aliphatic carbocycles. The normalized spacial score (nSPS) is 21.1. The van der Waals surface area contributed by atoms with Crippen molar-refractivity contribution in [3.63, 3.8) is 0 Å². The van der Waals surface area contributed by atoms with E-state index in [0.717, 1.165) is 32.5 Å². The van der Waals surface area contributed by atoms with Gasteiger partial charge in [0.1, 0.15) is 0 Å². The number of piperidine rings is 1. The summed E-state index contributed by atoms with van der Waals surface area (Å²) in [5.41, 5.74) is 5.43. The number of nitrogens with zero attached hydrogens (tertiary/aromatic N) is 1. The van der Waals surface area contributed by atoms with Gasteiger partial charge >= 0.3 is 0 Å². The predicted octanol–water partition coefficient (Wildman–Crippen LogP) is -0.0232. The van der Waals surface area contributed by atoms with Crippen LogP contribution in [0.4, 0.5) is 0 Å². The van der Waals surface area contributed by atoms with Crippen molar-refractivity contribution in [2.24, 2.45) is 11.7 Å². The van der Waals surface area contributed by atoms with Crippen LogP contribution < -0.4 is 5.73 Å². The van der Waals surface area contributed by atoms with Crippen LogP contribution in [0.15, 0.2) is 0 Å². The summed E-state index contributed by atoms with van der Waals surface area (Å²) in [7, 11) is 0. The Morgan fingerprint density at radius 2 is 2.08 bits per heavy atom. The van der Waals surface area contributed by atoms with Crippen molar-refractivity contribution in [1.82, 2.24) is 4.90 Å². The minimum Gasteiger partial charge on any atom is -0.396 e. The van der Waals surface area contributed by atoms with E-state index in [0.29, 0.717) is 17.5 Å². The number of thiocarbonyl (C=S) groups is 1. The summed E-state index contributed by atoms with van der Waals surface area (Å²) in [5, 5.41) is 8.89. The minimum atomic E-state index is 0.320. The van der Waals surface area contributed by atoms with Crippen LogP contribution in [0, 0.1) is 5.92 Å². The van der Waals surface area contributed by atoms with Crippen molar-refractivity contribution in [2.45, 2.75) is 12.8 Å². The fourth-order valence-electron chi connectivity index (χ4n) is 1.55.